The van der Waals surface area contributed by atoms with Crippen LogP contribution in [0.15, 0.2) is 29.6 Å². The summed E-state index contributed by atoms with van der Waals surface area (Å²) in [7, 11) is 0. The molecule has 0 radical (unpaired) electrons. The Hall–Kier alpha value is -1.43. The van der Waals surface area contributed by atoms with Gasteiger partial charge in [0.1, 0.15) is 11.6 Å². The van der Waals surface area contributed by atoms with Crippen molar-refractivity contribution in [2.75, 3.05) is 19.8 Å². The van der Waals surface area contributed by atoms with Crippen molar-refractivity contribution < 1.29 is 9.53 Å². The van der Waals surface area contributed by atoms with Crippen molar-refractivity contribution >= 4 is 28.8 Å². The van der Waals surface area contributed by atoms with Crippen molar-refractivity contribution in [2.24, 2.45) is 0 Å². The fourth-order valence-corrected chi connectivity index (χ4v) is 3.39. The molecule has 0 saturated carbocycles. The van der Waals surface area contributed by atoms with Crippen LogP contribution in [-0.2, 0) is 22.0 Å². The number of halogens is 1. The molecule has 0 N–H and O–H groups in total. The minimum atomic E-state index is 0.0386. The molecule has 1 fully saturated rings. The Bertz CT molecular complexity index is 644. The second-order valence-corrected chi connectivity index (χ2v) is 5.93. The van der Waals surface area contributed by atoms with Crippen LogP contribution < -0.4 is 0 Å². The van der Waals surface area contributed by atoms with Crippen LogP contribution >= 0.6 is 22.9 Å². The van der Waals surface area contributed by atoms with E-state index in [9.17, 15) is 4.79 Å². The Kier molecular flexibility index (Phi) is 4.53. The highest BCUT2D eigenvalue weighted by atomic mass is 35.5. The van der Waals surface area contributed by atoms with Gasteiger partial charge < -0.3 is 9.64 Å². The molecular formula is C15H15ClN2O2S. The van der Waals surface area contributed by atoms with Crippen LogP contribution in [0.25, 0.3) is 10.6 Å². The lowest BCUT2D eigenvalue weighted by molar-refractivity contribution is -0.143. The van der Waals surface area contributed by atoms with E-state index in [0.29, 0.717) is 25.6 Å². The summed E-state index contributed by atoms with van der Waals surface area (Å²) in [5, 5.41) is 2.92. The largest absolute Gasteiger partial charge is 0.370 e. The fraction of sp³-hybridized carbons (Fsp3) is 0.333. The minimum absolute atomic E-state index is 0.0386. The molecule has 0 aliphatic carbocycles. The summed E-state index contributed by atoms with van der Waals surface area (Å²) in [6.07, 6.45) is 0. The minimum Gasteiger partial charge on any atom is -0.370 e. The first kappa shape index (κ1) is 14.5. The monoisotopic (exact) mass is 322 g/mol. The lowest BCUT2D eigenvalue weighted by atomic mass is 10.1. The molecule has 1 amide bonds. The topological polar surface area (TPSA) is 42.4 Å². The first-order valence-electron chi connectivity index (χ1n) is 6.72. The first-order chi connectivity index (χ1) is 10.3. The van der Waals surface area contributed by atoms with Gasteiger partial charge in [-0.2, -0.15) is 0 Å². The predicted octanol–water partition coefficient (Wildman–Crippen LogP) is 2.91. The van der Waals surface area contributed by atoms with E-state index < -0.39 is 0 Å². The summed E-state index contributed by atoms with van der Waals surface area (Å²) >= 11 is 7.40. The molecule has 1 saturated heterocycles. The van der Waals surface area contributed by atoms with Gasteiger partial charge in [0.2, 0.25) is 5.91 Å². The molecule has 0 spiro atoms. The molecule has 2 heterocycles. The maximum Gasteiger partial charge on any atom is 0.248 e. The van der Waals surface area contributed by atoms with E-state index in [1.807, 2.05) is 34.5 Å². The first-order valence-corrected chi connectivity index (χ1v) is 8.13. The van der Waals surface area contributed by atoms with E-state index >= 15 is 0 Å². The molecule has 0 bridgehead atoms. The van der Waals surface area contributed by atoms with Crippen molar-refractivity contribution in [2.45, 2.75) is 12.4 Å². The van der Waals surface area contributed by atoms with E-state index in [4.69, 9.17) is 16.3 Å². The Morgan fingerprint density at radius 1 is 1.38 bits per heavy atom. The molecular weight excluding hydrogens is 308 g/mol. The number of carbonyl (C=O) groups is 1. The van der Waals surface area contributed by atoms with Crippen molar-refractivity contribution in [3.63, 3.8) is 0 Å². The molecule has 21 heavy (non-hydrogen) atoms. The number of rotatable bonds is 4. The number of carbonyl (C=O) groups excluding carboxylic acids is 1. The second kappa shape index (κ2) is 6.56. The highest BCUT2D eigenvalue weighted by molar-refractivity contribution is 7.13. The van der Waals surface area contributed by atoms with E-state index in [-0.39, 0.29) is 12.5 Å². The van der Waals surface area contributed by atoms with Gasteiger partial charge in [-0.1, -0.05) is 24.3 Å². The molecule has 0 atom stereocenters. The van der Waals surface area contributed by atoms with Gasteiger partial charge in [0, 0.05) is 24.0 Å². The van der Waals surface area contributed by atoms with E-state index in [2.05, 4.69) is 4.98 Å². The molecule has 1 aliphatic rings. The van der Waals surface area contributed by atoms with Gasteiger partial charge in [0.25, 0.3) is 0 Å². The van der Waals surface area contributed by atoms with Crippen LogP contribution in [0.3, 0.4) is 0 Å². The third-order valence-corrected chi connectivity index (χ3v) is 4.58. The maximum absolute atomic E-state index is 11.9. The predicted molar refractivity (Wildman–Crippen MR) is 83.3 cm³/mol. The number of amides is 1. The molecule has 3 rings (SSSR count). The highest BCUT2D eigenvalue weighted by Gasteiger charge is 2.20. The second-order valence-electron chi connectivity index (χ2n) is 4.80. The molecule has 1 aliphatic heterocycles. The van der Waals surface area contributed by atoms with Gasteiger partial charge in [0.05, 0.1) is 18.2 Å². The summed E-state index contributed by atoms with van der Waals surface area (Å²) in [5.41, 5.74) is 3.05. The number of hydrogen-bond acceptors (Lipinski definition) is 4. The number of ether oxygens (including phenoxy) is 1. The van der Waals surface area contributed by atoms with E-state index in [1.54, 1.807) is 11.3 Å². The Morgan fingerprint density at radius 2 is 2.24 bits per heavy atom. The molecule has 110 valence electrons. The number of nitrogens with zero attached hydrogens (tertiary/aromatic N) is 2. The zero-order valence-electron chi connectivity index (χ0n) is 11.4. The summed E-state index contributed by atoms with van der Waals surface area (Å²) < 4.78 is 5.17. The molecule has 6 heteroatoms. The Balaban J connectivity index is 1.87. The van der Waals surface area contributed by atoms with E-state index in [1.165, 1.54) is 0 Å². The average molecular weight is 323 g/mol. The zero-order chi connectivity index (χ0) is 14.7. The number of benzene rings is 1. The van der Waals surface area contributed by atoms with Gasteiger partial charge in [-0.25, -0.2) is 4.98 Å². The smallest absolute Gasteiger partial charge is 0.248 e. The van der Waals surface area contributed by atoms with Crippen molar-refractivity contribution in [3.05, 3.63) is 40.9 Å². The van der Waals surface area contributed by atoms with Crippen LogP contribution in [0.4, 0.5) is 0 Å². The third-order valence-electron chi connectivity index (χ3n) is 3.38. The lowest BCUT2D eigenvalue weighted by Gasteiger charge is -2.27. The van der Waals surface area contributed by atoms with Crippen LogP contribution in [0.2, 0.25) is 0 Å². The Morgan fingerprint density at radius 3 is 3.00 bits per heavy atom. The Labute approximate surface area is 132 Å². The van der Waals surface area contributed by atoms with Crippen molar-refractivity contribution in [1.82, 2.24) is 9.88 Å². The summed E-state index contributed by atoms with van der Waals surface area (Å²) in [4.78, 5) is 18.2. The van der Waals surface area contributed by atoms with Crippen LogP contribution in [-0.4, -0.2) is 35.5 Å². The fourth-order valence-electron chi connectivity index (χ4n) is 2.28. The molecule has 4 nitrogen and oxygen atoms in total. The van der Waals surface area contributed by atoms with Gasteiger partial charge in [-0.3, -0.25) is 4.79 Å². The SMILES string of the molecule is O=C1COCCN1Cc1ccccc1-c1nc(CCl)cs1. The van der Waals surface area contributed by atoms with Crippen molar-refractivity contribution in [1.29, 1.82) is 0 Å². The average Bonchev–Trinajstić information content (AvgIpc) is 2.99. The van der Waals surface area contributed by atoms with Gasteiger partial charge in [-0.15, -0.1) is 22.9 Å². The molecule has 2 aromatic rings. The number of hydrogen-bond donors (Lipinski definition) is 0. The maximum atomic E-state index is 11.9. The quantitative estimate of drug-likeness (QED) is 0.813. The van der Waals surface area contributed by atoms with Gasteiger partial charge in [0.15, 0.2) is 0 Å². The summed E-state index contributed by atoms with van der Waals surface area (Å²) in [5.74, 6) is 0.456. The number of morpholine rings is 1. The lowest BCUT2D eigenvalue weighted by Crippen LogP contribution is -2.41. The number of alkyl halides is 1. The summed E-state index contributed by atoms with van der Waals surface area (Å²) in [6.45, 7) is 2.00. The van der Waals surface area contributed by atoms with Gasteiger partial charge in [-0.05, 0) is 5.56 Å². The van der Waals surface area contributed by atoms with Crippen molar-refractivity contribution in [3.8, 4) is 10.6 Å². The molecule has 0 unspecified atom stereocenters. The standard InChI is InChI=1S/C15H15ClN2O2S/c16-7-12-10-21-15(17-12)13-4-2-1-3-11(13)8-18-5-6-20-9-14(18)19/h1-4,10H,5-9H2. The van der Waals surface area contributed by atoms with Crippen LogP contribution in [0.1, 0.15) is 11.3 Å². The summed E-state index contributed by atoms with van der Waals surface area (Å²) in [6, 6.07) is 8.05. The highest BCUT2D eigenvalue weighted by Crippen LogP contribution is 2.28. The van der Waals surface area contributed by atoms with Crippen LogP contribution in [0.5, 0.6) is 0 Å². The molecule has 1 aromatic carbocycles. The third kappa shape index (κ3) is 3.26. The normalized spacial score (nSPS) is 15.5. The van der Waals surface area contributed by atoms with Gasteiger partial charge >= 0.3 is 0 Å². The van der Waals surface area contributed by atoms with Crippen LogP contribution in [0, 0.1) is 0 Å². The zero-order valence-corrected chi connectivity index (χ0v) is 13.0. The molecule has 1 aromatic heterocycles. The van der Waals surface area contributed by atoms with E-state index in [0.717, 1.165) is 21.8 Å². The number of aromatic nitrogens is 1. The number of thiazole rings is 1.